The Balaban J connectivity index is 1.49. The Morgan fingerprint density at radius 1 is 1.03 bits per heavy atom. The monoisotopic (exact) mass is 598 g/mol. The summed E-state index contributed by atoms with van der Waals surface area (Å²) in [7, 11) is 1.55. The van der Waals surface area contributed by atoms with Crippen LogP contribution in [0.25, 0.3) is 0 Å². The van der Waals surface area contributed by atoms with Gasteiger partial charge in [-0.15, -0.1) is 0 Å². The van der Waals surface area contributed by atoms with Crippen molar-refractivity contribution >= 4 is 62.9 Å². The van der Waals surface area contributed by atoms with Gasteiger partial charge in [0.05, 0.1) is 29.4 Å². The van der Waals surface area contributed by atoms with Gasteiger partial charge < -0.3 is 14.2 Å². The van der Waals surface area contributed by atoms with E-state index in [1.165, 1.54) is 6.21 Å². The number of hydrazone groups is 1. The Morgan fingerprint density at radius 2 is 1.83 bits per heavy atom. The maximum atomic E-state index is 12.1. The second-order valence-electron chi connectivity index (χ2n) is 7.23. The quantitative estimate of drug-likeness (QED) is 0.142. The van der Waals surface area contributed by atoms with Crippen LogP contribution in [0.4, 0.5) is 0 Å². The van der Waals surface area contributed by atoms with Crippen molar-refractivity contribution in [2.24, 2.45) is 5.10 Å². The van der Waals surface area contributed by atoms with Gasteiger partial charge in [-0.3, -0.25) is 4.79 Å². The standard InChI is InChI=1S/C25H22BrCl3N2O4/c1-33-23-12-16(11-19(26)25(23)35-15-17-5-2-3-6-20(17)28)14-30-31-24(32)7-4-10-34-22-9-8-18(27)13-21(22)29/h2-3,5-6,8-9,11-14H,4,7,10,15H2,1H3,(H,31,32). The van der Waals surface area contributed by atoms with E-state index in [2.05, 4.69) is 26.5 Å². The Morgan fingerprint density at radius 3 is 2.57 bits per heavy atom. The predicted octanol–water partition coefficient (Wildman–Crippen LogP) is 7.31. The van der Waals surface area contributed by atoms with Crippen LogP contribution in [0.5, 0.6) is 17.2 Å². The number of methoxy groups -OCH3 is 1. The van der Waals surface area contributed by atoms with E-state index in [0.717, 1.165) is 5.56 Å². The van der Waals surface area contributed by atoms with Crippen LogP contribution in [-0.2, 0) is 11.4 Å². The van der Waals surface area contributed by atoms with Crippen LogP contribution in [-0.4, -0.2) is 25.8 Å². The average Bonchev–Trinajstić information content (AvgIpc) is 2.83. The van der Waals surface area contributed by atoms with E-state index in [-0.39, 0.29) is 18.9 Å². The van der Waals surface area contributed by atoms with E-state index in [1.54, 1.807) is 31.4 Å². The number of carbonyl (C=O) groups is 1. The first kappa shape index (κ1) is 27.1. The van der Waals surface area contributed by atoms with Crippen molar-refractivity contribution < 1.29 is 19.0 Å². The summed E-state index contributed by atoms with van der Waals surface area (Å²) in [6.07, 6.45) is 2.26. The maximum Gasteiger partial charge on any atom is 0.240 e. The van der Waals surface area contributed by atoms with Gasteiger partial charge in [0.1, 0.15) is 12.4 Å². The number of ether oxygens (including phenoxy) is 3. The summed E-state index contributed by atoms with van der Waals surface area (Å²) >= 11 is 21.6. The van der Waals surface area contributed by atoms with Crippen LogP contribution in [0.3, 0.4) is 0 Å². The number of hydrogen-bond acceptors (Lipinski definition) is 5. The number of amides is 1. The summed E-state index contributed by atoms with van der Waals surface area (Å²) in [5.74, 6) is 1.33. The maximum absolute atomic E-state index is 12.1. The summed E-state index contributed by atoms with van der Waals surface area (Å²) in [6.45, 7) is 0.615. The zero-order chi connectivity index (χ0) is 25.2. The third-order valence-corrected chi connectivity index (χ3v) is 6.17. The third-order valence-electron chi connectivity index (χ3n) is 4.68. The molecule has 3 aromatic rings. The van der Waals surface area contributed by atoms with Crippen LogP contribution in [0, 0.1) is 0 Å². The highest BCUT2D eigenvalue weighted by Gasteiger charge is 2.12. The Hall–Kier alpha value is -2.45. The molecule has 0 aliphatic carbocycles. The summed E-state index contributed by atoms with van der Waals surface area (Å²) in [4.78, 5) is 12.1. The molecule has 3 aromatic carbocycles. The van der Waals surface area contributed by atoms with Gasteiger partial charge in [0.25, 0.3) is 0 Å². The second-order valence-corrected chi connectivity index (χ2v) is 9.34. The Bertz CT molecular complexity index is 1210. The Labute approximate surface area is 227 Å². The molecule has 0 aromatic heterocycles. The third kappa shape index (κ3) is 8.32. The summed E-state index contributed by atoms with van der Waals surface area (Å²) in [5.41, 5.74) is 4.07. The number of rotatable bonds is 11. The first-order valence-corrected chi connectivity index (χ1v) is 12.4. The Kier molecular flexibility index (Phi) is 10.5. The fourth-order valence-corrected chi connectivity index (χ4v) is 4.19. The fourth-order valence-electron chi connectivity index (χ4n) is 2.96. The van der Waals surface area contributed by atoms with Crippen LogP contribution >= 0.6 is 50.7 Å². The lowest BCUT2D eigenvalue weighted by Crippen LogP contribution is -2.18. The minimum atomic E-state index is -0.238. The number of carbonyl (C=O) groups excluding carboxylic acids is 1. The van der Waals surface area contributed by atoms with Gasteiger partial charge >= 0.3 is 0 Å². The molecule has 0 heterocycles. The summed E-state index contributed by atoms with van der Waals surface area (Å²) in [6, 6.07) is 16.0. The van der Waals surface area contributed by atoms with Crippen LogP contribution in [0.2, 0.25) is 15.1 Å². The molecule has 6 nitrogen and oxygen atoms in total. The fraction of sp³-hybridized carbons (Fsp3) is 0.200. The molecule has 0 atom stereocenters. The first-order valence-electron chi connectivity index (χ1n) is 10.5. The molecule has 0 spiro atoms. The molecule has 1 amide bonds. The van der Waals surface area contributed by atoms with E-state index in [0.29, 0.717) is 55.4 Å². The van der Waals surface area contributed by atoms with E-state index in [1.807, 2.05) is 30.3 Å². The van der Waals surface area contributed by atoms with Gasteiger partial charge in [-0.1, -0.05) is 53.0 Å². The molecule has 0 fully saturated rings. The van der Waals surface area contributed by atoms with Gasteiger partial charge in [0.15, 0.2) is 11.5 Å². The molecule has 0 aliphatic heterocycles. The van der Waals surface area contributed by atoms with Gasteiger partial charge in [-0.2, -0.15) is 5.10 Å². The molecule has 1 N–H and O–H groups in total. The molecular weight excluding hydrogens is 579 g/mol. The minimum Gasteiger partial charge on any atom is -0.493 e. The molecule has 0 saturated heterocycles. The van der Waals surface area contributed by atoms with E-state index in [4.69, 9.17) is 49.0 Å². The van der Waals surface area contributed by atoms with Crippen LogP contribution in [0.1, 0.15) is 24.0 Å². The van der Waals surface area contributed by atoms with Crippen molar-refractivity contribution in [1.29, 1.82) is 0 Å². The van der Waals surface area contributed by atoms with Crippen molar-refractivity contribution in [3.63, 3.8) is 0 Å². The number of halogens is 4. The molecule has 35 heavy (non-hydrogen) atoms. The largest absolute Gasteiger partial charge is 0.493 e. The van der Waals surface area contributed by atoms with Crippen LogP contribution in [0.15, 0.2) is 64.2 Å². The first-order chi connectivity index (χ1) is 16.9. The summed E-state index contributed by atoms with van der Waals surface area (Å²) in [5, 5.41) is 5.60. The van der Waals surface area contributed by atoms with Crippen molar-refractivity contribution in [2.75, 3.05) is 13.7 Å². The average molecular weight is 601 g/mol. The van der Waals surface area contributed by atoms with Gasteiger partial charge in [0, 0.05) is 22.0 Å². The zero-order valence-electron chi connectivity index (χ0n) is 18.7. The van der Waals surface area contributed by atoms with Crippen LogP contribution < -0.4 is 19.6 Å². The molecule has 0 radical (unpaired) electrons. The number of benzene rings is 3. The van der Waals surface area contributed by atoms with E-state index in [9.17, 15) is 4.79 Å². The lowest BCUT2D eigenvalue weighted by molar-refractivity contribution is -0.121. The highest BCUT2D eigenvalue weighted by molar-refractivity contribution is 9.10. The molecule has 0 saturated carbocycles. The topological polar surface area (TPSA) is 69.2 Å². The number of hydrogen-bond donors (Lipinski definition) is 1. The SMILES string of the molecule is COc1cc(C=NNC(=O)CCCOc2ccc(Cl)cc2Cl)cc(Br)c1OCc1ccccc1Cl. The summed E-state index contributed by atoms with van der Waals surface area (Å²) < 4.78 is 17.6. The molecule has 0 bridgehead atoms. The minimum absolute atomic E-state index is 0.238. The van der Waals surface area contributed by atoms with Gasteiger partial charge in [0.2, 0.25) is 5.91 Å². The van der Waals surface area contributed by atoms with Crippen molar-refractivity contribution in [1.82, 2.24) is 5.43 Å². The van der Waals surface area contributed by atoms with Gasteiger partial charge in [-0.25, -0.2) is 5.43 Å². The lowest BCUT2D eigenvalue weighted by atomic mass is 10.2. The van der Waals surface area contributed by atoms with Crippen molar-refractivity contribution in [3.05, 3.63) is 85.3 Å². The normalized spacial score (nSPS) is 10.9. The zero-order valence-corrected chi connectivity index (χ0v) is 22.5. The van der Waals surface area contributed by atoms with E-state index < -0.39 is 0 Å². The molecule has 0 unspecified atom stereocenters. The molecular formula is C25H22BrCl3N2O4. The number of nitrogens with zero attached hydrogens (tertiary/aromatic N) is 1. The second kappa shape index (κ2) is 13.6. The van der Waals surface area contributed by atoms with Gasteiger partial charge in [-0.05, 0) is 64.3 Å². The molecule has 0 aliphatic rings. The predicted molar refractivity (Wildman–Crippen MR) is 143 cm³/mol. The molecule has 3 rings (SSSR count). The lowest BCUT2D eigenvalue weighted by Gasteiger charge is -2.14. The molecule has 184 valence electrons. The van der Waals surface area contributed by atoms with Crippen molar-refractivity contribution in [3.8, 4) is 17.2 Å². The number of nitrogens with one attached hydrogen (secondary N) is 1. The van der Waals surface area contributed by atoms with E-state index >= 15 is 0 Å². The highest BCUT2D eigenvalue weighted by atomic mass is 79.9. The smallest absolute Gasteiger partial charge is 0.240 e. The van der Waals surface area contributed by atoms with Crippen molar-refractivity contribution in [2.45, 2.75) is 19.4 Å². The highest BCUT2D eigenvalue weighted by Crippen LogP contribution is 2.37. The molecule has 10 heteroatoms.